The second-order valence-corrected chi connectivity index (χ2v) is 18.0. The molecule has 0 aliphatic heterocycles. The predicted octanol–water partition coefficient (Wildman–Crippen LogP) is 16.7. The minimum atomic E-state index is -0.429. The number of hydrogen-bond donors (Lipinski definition) is 0. The zero-order valence-corrected chi connectivity index (χ0v) is 36.1. The number of fused-ring (bicyclic) bond motifs is 6. The average molecular weight is 815 g/mol. The molecule has 0 N–H and O–H groups in total. The lowest BCUT2D eigenvalue weighted by Crippen LogP contribution is -2.28. The van der Waals surface area contributed by atoms with Crippen LogP contribution in [-0.4, -0.2) is 0 Å². The van der Waals surface area contributed by atoms with Gasteiger partial charge in [-0.2, -0.15) is 0 Å². The van der Waals surface area contributed by atoms with Crippen molar-refractivity contribution in [1.82, 2.24) is 0 Å². The first kappa shape index (κ1) is 37.9. The van der Waals surface area contributed by atoms with Gasteiger partial charge in [-0.05, 0) is 142 Å². The van der Waals surface area contributed by atoms with Crippen LogP contribution in [0.4, 0.5) is 0 Å². The van der Waals surface area contributed by atoms with Crippen LogP contribution >= 0.6 is 0 Å². The predicted molar refractivity (Wildman–Crippen MR) is 268 cm³/mol. The van der Waals surface area contributed by atoms with Crippen molar-refractivity contribution in [3.05, 3.63) is 276 Å². The summed E-state index contributed by atoms with van der Waals surface area (Å²) in [6.45, 7) is 4.70. The summed E-state index contributed by atoms with van der Waals surface area (Å²) in [4.78, 5) is 0. The Balaban J connectivity index is 0.849. The van der Waals surface area contributed by atoms with Crippen LogP contribution in [0.15, 0.2) is 243 Å². The van der Waals surface area contributed by atoms with E-state index in [0.29, 0.717) is 0 Å². The fourth-order valence-electron chi connectivity index (χ4n) is 11.0. The molecule has 0 unspecified atom stereocenters. The summed E-state index contributed by atoms with van der Waals surface area (Å²) in [6, 6.07) is 90.1. The van der Waals surface area contributed by atoms with Crippen LogP contribution in [0.3, 0.4) is 0 Å². The Morgan fingerprint density at radius 1 is 0.219 bits per heavy atom. The van der Waals surface area contributed by atoms with Gasteiger partial charge in [0.25, 0.3) is 0 Å². The quantitative estimate of drug-likeness (QED) is 0.150. The highest BCUT2D eigenvalue weighted by Gasteiger charge is 2.46. The largest absolute Gasteiger partial charge is 0.0713 e. The first-order valence-corrected chi connectivity index (χ1v) is 22.5. The van der Waals surface area contributed by atoms with Crippen molar-refractivity contribution < 1.29 is 0 Å². The number of hydrogen-bond acceptors (Lipinski definition) is 0. The molecule has 0 radical (unpaired) electrons. The third-order valence-corrected chi connectivity index (χ3v) is 14.2. The molecule has 0 atom stereocenters. The maximum absolute atomic E-state index is 2.45. The summed E-state index contributed by atoms with van der Waals surface area (Å²) in [6.07, 6.45) is 0. The van der Waals surface area contributed by atoms with Crippen LogP contribution in [0, 0.1) is 0 Å². The second-order valence-electron chi connectivity index (χ2n) is 18.0. The summed E-state index contributed by atoms with van der Waals surface area (Å²) in [7, 11) is 0. The standard InChI is InChI=1S/C64H46/c1-63(2)59-28-11-9-26-55(59)57-36-34-51(41-61(57)63)49-20-14-17-46(39-49)44-32-30-43(31-33-44)45-16-13-18-47(38-45)48-19-15-21-50(40-48)52-35-37-58-56-27-10-12-29-60(56)64(62(58)42-52,53-22-5-3-6-23-53)54-24-7-4-8-25-54/h3-42H,1-2H3. The molecule has 0 bridgehead atoms. The van der Waals surface area contributed by atoms with Crippen LogP contribution in [0.1, 0.15) is 47.2 Å². The van der Waals surface area contributed by atoms with E-state index in [-0.39, 0.29) is 5.41 Å². The molecular formula is C64H46. The summed E-state index contributed by atoms with van der Waals surface area (Å²) in [5, 5.41) is 0. The molecule has 2 aliphatic rings. The Morgan fingerprint density at radius 2 is 0.547 bits per heavy atom. The van der Waals surface area contributed by atoms with Gasteiger partial charge in [0.15, 0.2) is 0 Å². The smallest absolute Gasteiger partial charge is 0.0622 e. The van der Waals surface area contributed by atoms with Crippen molar-refractivity contribution in [3.8, 4) is 77.9 Å². The van der Waals surface area contributed by atoms with Crippen LogP contribution in [0.5, 0.6) is 0 Å². The minimum Gasteiger partial charge on any atom is -0.0622 e. The first-order chi connectivity index (χ1) is 31.5. The zero-order chi connectivity index (χ0) is 42.8. The van der Waals surface area contributed by atoms with Gasteiger partial charge in [-0.15, -0.1) is 0 Å². The van der Waals surface area contributed by atoms with Gasteiger partial charge in [-0.25, -0.2) is 0 Å². The summed E-state index contributed by atoms with van der Waals surface area (Å²) in [5.41, 5.74) is 25.0. The molecule has 0 amide bonds. The highest BCUT2D eigenvalue weighted by molar-refractivity contribution is 5.89. The van der Waals surface area contributed by atoms with Gasteiger partial charge in [-0.3, -0.25) is 0 Å². The zero-order valence-electron chi connectivity index (χ0n) is 36.1. The molecule has 0 saturated heterocycles. The monoisotopic (exact) mass is 814 g/mol. The fourth-order valence-corrected chi connectivity index (χ4v) is 11.0. The van der Waals surface area contributed by atoms with Crippen LogP contribution in [0.2, 0.25) is 0 Å². The summed E-state index contributed by atoms with van der Waals surface area (Å²) >= 11 is 0. The fraction of sp³-hybridized carbons (Fsp3) is 0.0625. The third kappa shape index (κ3) is 5.98. The summed E-state index contributed by atoms with van der Waals surface area (Å²) in [5.74, 6) is 0. The molecule has 0 heterocycles. The Kier molecular flexibility index (Phi) is 8.85. The Morgan fingerprint density at radius 3 is 1.03 bits per heavy atom. The molecule has 12 rings (SSSR count). The SMILES string of the molecule is CC1(C)c2ccccc2-c2ccc(-c3cccc(-c4ccc(-c5cccc(-c6cccc(-c7ccc8c(c7)C(c7ccccc7)(c7ccccc7)c7ccccc7-8)c6)c5)cc4)c3)cc21. The molecule has 64 heavy (non-hydrogen) atoms. The van der Waals surface area contributed by atoms with Crippen molar-refractivity contribution >= 4 is 0 Å². The molecule has 302 valence electrons. The van der Waals surface area contributed by atoms with Gasteiger partial charge in [0.1, 0.15) is 0 Å². The number of benzene rings is 10. The molecule has 10 aromatic carbocycles. The van der Waals surface area contributed by atoms with E-state index in [2.05, 4.69) is 257 Å². The van der Waals surface area contributed by atoms with E-state index in [1.807, 2.05) is 0 Å². The molecule has 0 spiro atoms. The first-order valence-electron chi connectivity index (χ1n) is 22.5. The summed E-state index contributed by atoms with van der Waals surface area (Å²) < 4.78 is 0. The molecule has 0 nitrogen and oxygen atoms in total. The maximum atomic E-state index is 2.45. The van der Waals surface area contributed by atoms with Gasteiger partial charge in [0, 0.05) is 5.41 Å². The van der Waals surface area contributed by atoms with Crippen molar-refractivity contribution in [3.63, 3.8) is 0 Å². The van der Waals surface area contributed by atoms with Crippen LogP contribution < -0.4 is 0 Å². The second kappa shape index (κ2) is 14.9. The van der Waals surface area contributed by atoms with E-state index < -0.39 is 5.41 Å². The van der Waals surface area contributed by atoms with E-state index in [1.165, 1.54) is 111 Å². The molecule has 0 aromatic heterocycles. The molecule has 2 aliphatic carbocycles. The van der Waals surface area contributed by atoms with Crippen LogP contribution in [0.25, 0.3) is 77.9 Å². The van der Waals surface area contributed by atoms with Gasteiger partial charge in [0.05, 0.1) is 5.41 Å². The highest BCUT2D eigenvalue weighted by atomic mass is 14.5. The lowest BCUT2D eigenvalue weighted by atomic mass is 9.67. The Labute approximate surface area is 376 Å². The Bertz CT molecular complexity index is 3350. The van der Waals surface area contributed by atoms with E-state index >= 15 is 0 Å². The van der Waals surface area contributed by atoms with Crippen molar-refractivity contribution in [2.24, 2.45) is 0 Å². The molecule has 0 heteroatoms. The number of rotatable bonds is 7. The van der Waals surface area contributed by atoms with Gasteiger partial charge < -0.3 is 0 Å². The van der Waals surface area contributed by atoms with E-state index in [4.69, 9.17) is 0 Å². The van der Waals surface area contributed by atoms with Crippen molar-refractivity contribution in [2.75, 3.05) is 0 Å². The minimum absolute atomic E-state index is 0.0232. The van der Waals surface area contributed by atoms with Crippen molar-refractivity contribution in [1.29, 1.82) is 0 Å². The normalized spacial score (nSPS) is 13.7. The lowest BCUT2D eigenvalue weighted by Gasteiger charge is -2.34. The molecule has 0 saturated carbocycles. The van der Waals surface area contributed by atoms with E-state index in [9.17, 15) is 0 Å². The highest BCUT2D eigenvalue weighted by Crippen LogP contribution is 2.57. The maximum Gasteiger partial charge on any atom is 0.0713 e. The van der Waals surface area contributed by atoms with E-state index in [1.54, 1.807) is 0 Å². The van der Waals surface area contributed by atoms with Gasteiger partial charge in [0.2, 0.25) is 0 Å². The molecule has 0 fully saturated rings. The molecule has 10 aromatic rings. The van der Waals surface area contributed by atoms with Crippen molar-refractivity contribution in [2.45, 2.75) is 24.7 Å². The topological polar surface area (TPSA) is 0 Å². The van der Waals surface area contributed by atoms with Gasteiger partial charge in [-0.1, -0.05) is 226 Å². The van der Waals surface area contributed by atoms with Gasteiger partial charge >= 0.3 is 0 Å². The average Bonchev–Trinajstić information content (AvgIpc) is 3.79. The molecular weight excluding hydrogens is 769 g/mol. The third-order valence-electron chi connectivity index (χ3n) is 14.2. The Hall–Kier alpha value is -7.80. The van der Waals surface area contributed by atoms with E-state index in [0.717, 1.165) is 0 Å². The lowest BCUT2D eigenvalue weighted by molar-refractivity contribution is 0.660. The van der Waals surface area contributed by atoms with Crippen LogP contribution in [-0.2, 0) is 10.8 Å².